The first-order chi connectivity index (χ1) is 8.83. The van der Waals surface area contributed by atoms with E-state index in [0.717, 1.165) is 15.8 Å². The Kier molecular flexibility index (Phi) is 2.86. The van der Waals surface area contributed by atoms with E-state index in [9.17, 15) is 5.11 Å². The van der Waals surface area contributed by atoms with E-state index in [1.807, 2.05) is 36.4 Å². The van der Waals surface area contributed by atoms with Crippen LogP contribution in [0.5, 0.6) is 5.75 Å². The van der Waals surface area contributed by atoms with Crippen LogP contribution < -0.4 is 0 Å². The van der Waals surface area contributed by atoms with Crippen molar-refractivity contribution in [3.8, 4) is 5.75 Å². The van der Waals surface area contributed by atoms with E-state index in [-0.39, 0.29) is 5.75 Å². The standard InChI is InChI=1S/C14H9N2OS/c17-12-7-3-4-8-13(12)18-14-15-9-10-5-1-2-6-11(10)16-14/h1-8,17H. The Bertz CT molecular complexity index is 700. The third kappa shape index (κ3) is 2.15. The van der Waals surface area contributed by atoms with Gasteiger partial charge in [-0.1, -0.05) is 30.3 Å². The minimum Gasteiger partial charge on any atom is -0.507 e. The monoisotopic (exact) mass is 253 g/mol. The van der Waals surface area contributed by atoms with Crippen molar-refractivity contribution < 1.29 is 5.11 Å². The van der Waals surface area contributed by atoms with E-state index in [0.29, 0.717) is 5.16 Å². The molecule has 1 aromatic heterocycles. The van der Waals surface area contributed by atoms with Crippen LogP contribution >= 0.6 is 11.8 Å². The highest BCUT2D eigenvalue weighted by Gasteiger charge is 2.05. The van der Waals surface area contributed by atoms with Crippen LogP contribution in [-0.4, -0.2) is 15.1 Å². The predicted molar refractivity (Wildman–Crippen MR) is 70.6 cm³/mol. The van der Waals surface area contributed by atoms with Crippen molar-refractivity contribution in [2.75, 3.05) is 0 Å². The second-order valence-corrected chi connectivity index (χ2v) is 4.71. The number of benzene rings is 2. The summed E-state index contributed by atoms with van der Waals surface area (Å²) >= 11 is 1.33. The van der Waals surface area contributed by atoms with E-state index in [2.05, 4.69) is 16.2 Å². The van der Waals surface area contributed by atoms with Gasteiger partial charge in [0.25, 0.3) is 0 Å². The fraction of sp³-hybridized carbons (Fsp3) is 0. The number of aromatic nitrogens is 2. The highest BCUT2D eigenvalue weighted by Crippen LogP contribution is 2.32. The van der Waals surface area contributed by atoms with Crippen LogP contribution in [0.2, 0.25) is 0 Å². The molecule has 4 heteroatoms. The van der Waals surface area contributed by atoms with E-state index >= 15 is 0 Å². The molecular formula is C14H9N2OS. The lowest BCUT2D eigenvalue weighted by Crippen LogP contribution is -1.87. The average molecular weight is 253 g/mol. The quantitative estimate of drug-likeness (QED) is 0.712. The first kappa shape index (κ1) is 11.0. The average Bonchev–Trinajstić information content (AvgIpc) is 2.41. The van der Waals surface area contributed by atoms with Gasteiger partial charge in [-0.15, -0.1) is 0 Å². The topological polar surface area (TPSA) is 46.0 Å². The summed E-state index contributed by atoms with van der Waals surface area (Å²) in [6.45, 7) is 0. The molecule has 0 aliphatic rings. The molecule has 1 radical (unpaired) electrons. The van der Waals surface area contributed by atoms with Gasteiger partial charge in [0.05, 0.1) is 10.4 Å². The van der Waals surface area contributed by atoms with Gasteiger partial charge in [0.2, 0.25) is 0 Å². The highest BCUT2D eigenvalue weighted by atomic mass is 32.2. The Morgan fingerprint density at radius 3 is 2.67 bits per heavy atom. The summed E-state index contributed by atoms with van der Waals surface area (Å²) in [4.78, 5) is 9.32. The van der Waals surface area contributed by atoms with Crippen LogP contribution in [0.4, 0.5) is 0 Å². The molecule has 0 atom stereocenters. The lowest BCUT2D eigenvalue weighted by Gasteiger charge is -2.03. The molecule has 3 nitrogen and oxygen atoms in total. The lowest BCUT2D eigenvalue weighted by atomic mass is 10.2. The smallest absolute Gasteiger partial charge is 0.193 e. The molecule has 3 rings (SSSR count). The molecule has 0 saturated heterocycles. The highest BCUT2D eigenvalue weighted by molar-refractivity contribution is 7.99. The zero-order chi connectivity index (χ0) is 12.4. The van der Waals surface area contributed by atoms with E-state index in [1.165, 1.54) is 11.8 Å². The molecule has 0 spiro atoms. The Hall–Kier alpha value is -2.07. The molecule has 0 fully saturated rings. The summed E-state index contributed by atoms with van der Waals surface area (Å²) in [7, 11) is 0. The van der Waals surface area contributed by atoms with Gasteiger partial charge in [0.15, 0.2) is 5.16 Å². The summed E-state index contributed by atoms with van der Waals surface area (Å²) in [6.07, 6.45) is 2.94. The summed E-state index contributed by atoms with van der Waals surface area (Å²) in [5.41, 5.74) is 0.852. The minimum atomic E-state index is 0.235. The first-order valence-electron chi connectivity index (χ1n) is 5.43. The molecule has 0 amide bonds. The van der Waals surface area contributed by atoms with Crippen molar-refractivity contribution in [1.82, 2.24) is 9.97 Å². The predicted octanol–water partition coefficient (Wildman–Crippen LogP) is 3.29. The van der Waals surface area contributed by atoms with Crippen molar-refractivity contribution in [1.29, 1.82) is 0 Å². The normalized spacial score (nSPS) is 10.7. The van der Waals surface area contributed by atoms with Crippen molar-refractivity contribution in [3.63, 3.8) is 0 Å². The van der Waals surface area contributed by atoms with Crippen molar-refractivity contribution in [3.05, 3.63) is 54.7 Å². The number of fused-ring (bicyclic) bond motifs is 1. The summed E-state index contributed by atoms with van der Waals surface area (Å²) in [5.74, 6) is 0.235. The lowest BCUT2D eigenvalue weighted by molar-refractivity contribution is 0.462. The second kappa shape index (κ2) is 4.66. The van der Waals surface area contributed by atoms with Crippen LogP contribution in [0.3, 0.4) is 0 Å². The van der Waals surface area contributed by atoms with Gasteiger partial charge in [0, 0.05) is 5.39 Å². The number of hydrogen-bond acceptors (Lipinski definition) is 4. The number of nitrogens with zero attached hydrogens (tertiary/aromatic N) is 2. The van der Waals surface area contributed by atoms with Crippen LogP contribution in [0.25, 0.3) is 10.9 Å². The molecule has 1 N–H and O–H groups in total. The van der Waals surface area contributed by atoms with Crippen LogP contribution in [0, 0.1) is 6.20 Å². The maximum absolute atomic E-state index is 9.70. The molecule has 87 valence electrons. The third-order valence-corrected chi connectivity index (χ3v) is 3.39. The second-order valence-electron chi connectivity index (χ2n) is 3.70. The van der Waals surface area contributed by atoms with Crippen molar-refractivity contribution >= 4 is 22.7 Å². The van der Waals surface area contributed by atoms with Gasteiger partial charge >= 0.3 is 0 Å². The maximum Gasteiger partial charge on any atom is 0.193 e. The first-order valence-corrected chi connectivity index (χ1v) is 6.25. The fourth-order valence-corrected chi connectivity index (χ4v) is 2.34. The van der Waals surface area contributed by atoms with E-state index in [1.54, 1.807) is 12.1 Å². The van der Waals surface area contributed by atoms with Gasteiger partial charge in [0.1, 0.15) is 11.9 Å². The van der Waals surface area contributed by atoms with Gasteiger partial charge in [-0.05, 0) is 30.0 Å². The van der Waals surface area contributed by atoms with Crippen LogP contribution in [0.1, 0.15) is 0 Å². The number of phenolic OH excluding ortho intramolecular Hbond substituents is 1. The maximum atomic E-state index is 9.70. The number of phenols is 1. The molecule has 1 heterocycles. The van der Waals surface area contributed by atoms with Gasteiger partial charge < -0.3 is 5.11 Å². The van der Waals surface area contributed by atoms with Gasteiger partial charge in [-0.3, -0.25) is 0 Å². The fourth-order valence-electron chi connectivity index (χ4n) is 1.59. The Balaban J connectivity index is 1.98. The molecular weight excluding hydrogens is 244 g/mol. The molecule has 0 saturated carbocycles. The molecule has 0 aliphatic heterocycles. The molecule has 2 aromatic carbocycles. The van der Waals surface area contributed by atoms with Gasteiger partial charge in [-0.2, -0.15) is 0 Å². The molecule has 0 bridgehead atoms. The third-order valence-electron chi connectivity index (χ3n) is 2.46. The summed E-state index contributed by atoms with van der Waals surface area (Å²) in [6, 6.07) is 14.8. The van der Waals surface area contributed by atoms with Gasteiger partial charge in [-0.25, -0.2) is 9.97 Å². The SMILES string of the molecule is Oc1ccccc1Sc1n[c]c2ccccc2n1. The molecule has 0 unspecified atom stereocenters. The van der Waals surface area contributed by atoms with Crippen molar-refractivity contribution in [2.24, 2.45) is 0 Å². The Morgan fingerprint density at radius 1 is 1.00 bits per heavy atom. The molecule has 3 aromatic rings. The minimum absolute atomic E-state index is 0.235. The molecule has 0 aliphatic carbocycles. The van der Waals surface area contributed by atoms with E-state index in [4.69, 9.17) is 0 Å². The summed E-state index contributed by atoms with van der Waals surface area (Å²) < 4.78 is 0. The molecule has 18 heavy (non-hydrogen) atoms. The largest absolute Gasteiger partial charge is 0.507 e. The van der Waals surface area contributed by atoms with Crippen molar-refractivity contribution in [2.45, 2.75) is 10.1 Å². The number of rotatable bonds is 2. The summed E-state index contributed by atoms with van der Waals surface area (Å²) in [5, 5.41) is 11.2. The van der Waals surface area contributed by atoms with Crippen LogP contribution in [-0.2, 0) is 0 Å². The zero-order valence-electron chi connectivity index (χ0n) is 9.37. The number of hydrogen-bond donors (Lipinski definition) is 1. The van der Waals surface area contributed by atoms with Crippen LogP contribution in [0.15, 0.2) is 58.6 Å². The Morgan fingerprint density at radius 2 is 1.78 bits per heavy atom. The number of para-hydroxylation sites is 2. The number of aromatic hydroxyl groups is 1. The Labute approximate surface area is 109 Å². The zero-order valence-corrected chi connectivity index (χ0v) is 10.2. The van der Waals surface area contributed by atoms with E-state index < -0.39 is 0 Å².